The molecule has 0 bridgehead atoms. The minimum Gasteiger partial charge on any atom is -0.389 e. The highest BCUT2D eigenvalue weighted by molar-refractivity contribution is 6.31. The van der Waals surface area contributed by atoms with Gasteiger partial charge in [0.1, 0.15) is 0 Å². The predicted molar refractivity (Wildman–Crippen MR) is 118 cm³/mol. The number of hydrogen-bond acceptors (Lipinski definition) is 4. The first-order chi connectivity index (χ1) is 15.1. The molecule has 0 radical (unpaired) electrons. The van der Waals surface area contributed by atoms with Crippen molar-refractivity contribution in [1.29, 1.82) is 0 Å². The van der Waals surface area contributed by atoms with Crippen LogP contribution in [0.5, 0.6) is 5.88 Å². The highest BCUT2D eigenvalue weighted by Gasteiger charge is 2.19. The van der Waals surface area contributed by atoms with E-state index in [4.69, 9.17) is 16.3 Å². The summed E-state index contributed by atoms with van der Waals surface area (Å²) in [6.45, 7) is 0.636. The van der Waals surface area contributed by atoms with Crippen molar-refractivity contribution in [2.24, 2.45) is 0 Å². The Bertz CT molecular complexity index is 1210. The Morgan fingerprint density at radius 3 is 2.13 bits per heavy atom. The van der Waals surface area contributed by atoms with Crippen LogP contribution in [-0.2, 0) is 13.1 Å². The van der Waals surface area contributed by atoms with Crippen LogP contribution in [0.4, 0.5) is 9.59 Å². The summed E-state index contributed by atoms with van der Waals surface area (Å²) in [5.41, 5.74) is 2.31. The summed E-state index contributed by atoms with van der Waals surface area (Å²) in [6.07, 6.45) is -0.671. The Hall–Kier alpha value is -3.84. The zero-order chi connectivity index (χ0) is 21.6. The number of carbonyl (C=O) groups is 2. The molecule has 3 aromatic carbocycles. The van der Waals surface area contributed by atoms with E-state index in [0.29, 0.717) is 29.0 Å². The van der Waals surface area contributed by atoms with Gasteiger partial charge in [0.25, 0.3) is 5.88 Å². The largest absolute Gasteiger partial charge is 0.414 e. The van der Waals surface area contributed by atoms with Crippen LogP contribution in [0, 0.1) is 0 Å². The number of halogens is 1. The Morgan fingerprint density at radius 1 is 0.871 bits per heavy atom. The lowest BCUT2D eigenvalue weighted by molar-refractivity contribution is 0.197. The van der Waals surface area contributed by atoms with E-state index in [-0.39, 0.29) is 5.88 Å². The molecule has 0 aliphatic heterocycles. The average Bonchev–Trinajstić information content (AvgIpc) is 3.14. The number of rotatable bonds is 5. The van der Waals surface area contributed by atoms with Gasteiger partial charge in [0, 0.05) is 18.1 Å². The third-order valence-corrected chi connectivity index (χ3v) is 4.79. The van der Waals surface area contributed by atoms with Crippen LogP contribution in [0.3, 0.4) is 0 Å². The van der Waals surface area contributed by atoms with Crippen molar-refractivity contribution in [2.45, 2.75) is 13.1 Å². The van der Waals surface area contributed by atoms with Crippen LogP contribution in [0.2, 0.25) is 5.02 Å². The van der Waals surface area contributed by atoms with Gasteiger partial charge >= 0.3 is 12.1 Å². The monoisotopic (exact) mass is 434 g/mol. The number of carbonyl (C=O) groups excluding carboxylic acids is 2. The third kappa shape index (κ3) is 5.02. The molecule has 2 N–H and O–H groups in total. The second-order valence-corrected chi connectivity index (χ2v) is 7.19. The summed E-state index contributed by atoms with van der Waals surface area (Å²) in [4.78, 5) is 25.0. The van der Waals surface area contributed by atoms with E-state index in [0.717, 1.165) is 15.8 Å². The first kappa shape index (κ1) is 20.4. The summed E-state index contributed by atoms with van der Waals surface area (Å²) in [5, 5.41) is 10.6. The summed E-state index contributed by atoms with van der Waals surface area (Å²) in [7, 11) is 0. The van der Waals surface area contributed by atoms with Gasteiger partial charge in [-0.15, -0.1) is 5.10 Å². The van der Waals surface area contributed by atoms with Gasteiger partial charge in [-0.05, 0) is 29.3 Å². The molecular formula is C23H19ClN4O3. The molecule has 4 rings (SSSR count). The van der Waals surface area contributed by atoms with Gasteiger partial charge in [0.05, 0.1) is 10.9 Å². The summed E-state index contributed by atoms with van der Waals surface area (Å²) >= 11 is 6.11. The molecule has 4 aromatic rings. The molecule has 31 heavy (non-hydrogen) atoms. The minimum absolute atomic E-state index is 0.0205. The van der Waals surface area contributed by atoms with Gasteiger partial charge in [-0.2, -0.15) is 4.68 Å². The van der Waals surface area contributed by atoms with E-state index in [1.165, 1.54) is 0 Å². The lowest BCUT2D eigenvalue weighted by Gasteiger charge is -2.06. The topological polar surface area (TPSA) is 85.2 Å². The van der Waals surface area contributed by atoms with Crippen molar-refractivity contribution < 1.29 is 14.3 Å². The van der Waals surface area contributed by atoms with Crippen LogP contribution < -0.4 is 15.4 Å². The lowest BCUT2D eigenvalue weighted by atomic mass is 10.2. The maximum atomic E-state index is 12.7. The van der Waals surface area contributed by atoms with Crippen LogP contribution in [0.25, 0.3) is 10.9 Å². The second-order valence-electron chi connectivity index (χ2n) is 6.75. The predicted octanol–water partition coefficient (Wildman–Crippen LogP) is 4.74. The number of ether oxygens (including phenoxy) is 1. The highest BCUT2D eigenvalue weighted by Crippen LogP contribution is 2.27. The van der Waals surface area contributed by atoms with Crippen LogP contribution in [0.15, 0.2) is 78.9 Å². The molecule has 8 heteroatoms. The zero-order valence-electron chi connectivity index (χ0n) is 16.4. The number of aromatic nitrogens is 2. The molecule has 2 amide bonds. The van der Waals surface area contributed by atoms with Gasteiger partial charge < -0.3 is 15.4 Å². The first-order valence-electron chi connectivity index (χ1n) is 9.60. The van der Waals surface area contributed by atoms with Crippen LogP contribution in [-0.4, -0.2) is 21.9 Å². The fourth-order valence-electron chi connectivity index (χ4n) is 3.03. The Balaban J connectivity index is 1.51. The van der Waals surface area contributed by atoms with E-state index in [1.54, 1.807) is 18.2 Å². The Kier molecular flexibility index (Phi) is 6.14. The quantitative estimate of drug-likeness (QED) is 0.475. The molecule has 0 spiro atoms. The summed E-state index contributed by atoms with van der Waals surface area (Å²) in [5.74, 6) is 0.0205. The fraction of sp³-hybridized carbons (Fsp3) is 0.0870. The van der Waals surface area contributed by atoms with Crippen LogP contribution in [0.1, 0.15) is 11.1 Å². The normalized spacial score (nSPS) is 10.6. The van der Waals surface area contributed by atoms with E-state index in [1.807, 2.05) is 60.7 Å². The molecule has 156 valence electrons. The SMILES string of the molecule is O=C(NCc1ccccc1)Oc1nn(C(=O)NCc2ccccc2)c2cc(Cl)ccc12. The maximum Gasteiger partial charge on any atom is 0.414 e. The van der Waals surface area contributed by atoms with Crippen molar-refractivity contribution in [2.75, 3.05) is 0 Å². The molecule has 0 fully saturated rings. The van der Waals surface area contributed by atoms with E-state index in [2.05, 4.69) is 15.7 Å². The molecule has 7 nitrogen and oxygen atoms in total. The van der Waals surface area contributed by atoms with Crippen molar-refractivity contribution in [3.8, 4) is 5.88 Å². The van der Waals surface area contributed by atoms with E-state index < -0.39 is 12.1 Å². The number of hydrogen-bond donors (Lipinski definition) is 2. The molecule has 0 saturated heterocycles. The van der Waals surface area contributed by atoms with Gasteiger partial charge in [-0.1, -0.05) is 72.3 Å². The molecule has 1 aromatic heterocycles. The average molecular weight is 435 g/mol. The molecular weight excluding hydrogens is 416 g/mol. The molecule has 0 unspecified atom stereocenters. The van der Waals surface area contributed by atoms with Gasteiger partial charge in [-0.3, -0.25) is 0 Å². The Labute approximate surface area is 183 Å². The molecule has 0 aliphatic rings. The second kappa shape index (κ2) is 9.32. The van der Waals surface area contributed by atoms with Crippen molar-refractivity contribution in [3.05, 3.63) is 95.0 Å². The molecule has 0 saturated carbocycles. The standard InChI is InChI=1S/C23H19ClN4O3/c24-18-11-12-19-20(13-18)28(22(29)25-14-16-7-3-1-4-8-16)27-21(19)31-23(30)26-15-17-9-5-2-6-10-17/h1-13H,14-15H2,(H,25,29)(H,26,30). The van der Waals surface area contributed by atoms with Gasteiger partial charge in [0.15, 0.2) is 0 Å². The van der Waals surface area contributed by atoms with Crippen molar-refractivity contribution in [3.63, 3.8) is 0 Å². The van der Waals surface area contributed by atoms with Crippen molar-refractivity contribution >= 4 is 34.6 Å². The van der Waals surface area contributed by atoms with E-state index >= 15 is 0 Å². The number of nitrogens with zero attached hydrogens (tertiary/aromatic N) is 2. The third-order valence-electron chi connectivity index (χ3n) is 4.56. The Morgan fingerprint density at radius 2 is 1.48 bits per heavy atom. The fourth-order valence-corrected chi connectivity index (χ4v) is 3.20. The lowest BCUT2D eigenvalue weighted by Crippen LogP contribution is -2.29. The molecule has 0 aliphatic carbocycles. The minimum atomic E-state index is -0.671. The van der Waals surface area contributed by atoms with Crippen LogP contribution >= 0.6 is 11.6 Å². The zero-order valence-corrected chi connectivity index (χ0v) is 17.2. The van der Waals surface area contributed by atoms with Gasteiger partial charge in [-0.25, -0.2) is 9.59 Å². The molecule has 0 atom stereocenters. The molecule has 1 heterocycles. The number of fused-ring (bicyclic) bond motifs is 1. The van der Waals surface area contributed by atoms with Crippen molar-refractivity contribution in [1.82, 2.24) is 20.4 Å². The van der Waals surface area contributed by atoms with E-state index in [9.17, 15) is 9.59 Å². The number of amides is 2. The summed E-state index contributed by atoms with van der Waals surface area (Å²) in [6, 6.07) is 23.4. The number of benzene rings is 3. The smallest absolute Gasteiger partial charge is 0.389 e. The number of nitrogens with one attached hydrogen (secondary N) is 2. The van der Waals surface area contributed by atoms with Gasteiger partial charge in [0.2, 0.25) is 0 Å². The highest BCUT2D eigenvalue weighted by atomic mass is 35.5. The maximum absolute atomic E-state index is 12.7. The first-order valence-corrected chi connectivity index (χ1v) is 9.98. The summed E-state index contributed by atoms with van der Waals surface area (Å²) < 4.78 is 6.52.